The maximum atomic E-state index is 13.4. The van der Waals surface area contributed by atoms with Crippen molar-refractivity contribution in [2.75, 3.05) is 25.0 Å². The molecule has 3 aromatic heterocycles. The Kier molecular flexibility index (Phi) is 11.7. The molecule has 6 rings (SSSR count). The summed E-state index contributed by atoms with van der Waals surface area (Å²) in [5.41, 5.74) is -0.767. The van der Waals surface area contributed by atoms with E-state index in [0.717, 1.165) is 31.4 Å². The van der Waals surface area contributed by atoms with Gasteiger partial charge in [-0.25, -0.2) is 19.4 Å². The molecule has 2 fully saturated rings. The summed E-state index contributed by atoms with van der Waals surface area (Å²) in [7, 11) is -4.47. The van der Waals surface area contributed by atoms with Gasteiger partial charge in [0.25, 0.3) is 15.9 Å². The summed E-state index contributed by atoms with van der Waals surface area (Å²) in [6.07, 6.45) is 0.683. The van der Waals surface area contributed by atoms with Gasteiger partial charge < -0.3 is 20.1 Å². The first kappa shape index (κ1) is 39.3. The molecule has 1 amide bonds. The Morgan fingerprint density at radius 3 is 2.50 bits per heavy atom. The highest BCUT2D eigenvalue weighted by Crippen LogP contribution is 2.60. The molecule has 1 saturated carbocycles. The number of hydrogen-bond acceptors (Lipinski definition) is 10. The van der Waals surface area contributed by atoms with Crippen LogP contribution in [-0.4, -0.2) is 65.5 Å². The van der Waals surface area contributed by atoms with Crippen LogP contribution in [0.3, 0.4) is 0 Å². The minimum atomic E-state index is -4.47. The highest BCUT2D eigenvalue weighted by atomic mass is 35.5. The fourth-order valence-electron chi connectivity index (χ4n) is 6.52. The number of aromatic nitrogens is 4. The average Bonchev–Trinajstić information content (AvgIpc) is 3.65. The number of carbonyl (C=O) groups is 1. The van der Waals surface area contributed by atoms with E-state index in [0.29, 0.717) is 18.2 Å². The van der Waals surface area contributed by atoms with Crippen molar-refractivity contribution in [3.05, 3.63) is 83.1 Å². The Hall–Kier alpha value is -4.41. The topological polar surface area (TPSA) is 149 Å². The molecule has 0 unspecified atom stereocenters. The number of anilines is 1. The molecule has 1 aliphatic carbocycles. The third-order valence-electron chi connectivity index (χ3n) is 9.70. The Balaban J connectivity index is 1.08. The number of rotatable bonds is 17. The average molecular weight is 790 g/mol. The van der Waals surface area contributed by atoms with Crippen molar-refractivity contribution in [3.8, 4) is 17.4 Å². The van der Waals surface area contributed by atoms with E-state index in [1.807, 2.05) is 35.1 Å². The minimum absolute atomic E-state index is 0.00631. The van der Waals surface area contributed by atoms with Crippen molar-refractivity contribution >= 4 is 33.3 Å². The van der Waals surface area contributed by atoms with Gasteiger partial charge in [0.2, 0.25) is 5.88 Å². The molecule has 4 heterocycles. The summed E-state index contributed by atoms with van der Waals surface area (Å²) >= 11 is 6.33. The molecule has 0 bridgehead atoms. The number of halogens is 4. The molecule has 290 valence electrons. The third-order valence-corrected chi connectivity index (χ3v) is 11.2. The molecule has 1 aliphatic heterocycles. The first-order valence-electron chi connectivity index (χ1n) is 17.8. The van der Waals surface area contributed by atoms with E-state index in [1.54, 1.807) is 0 Å². The predicted octanol–water partition coefficient (Wildman–Crippen LogP) is 7.10. The van der Waals surface area contributed by atoms with Crippen molar-refractivity contribution in [2.24, 2.45) is 11.3 Å². The minimum Gasteiger partial charge on any atom is -0.485 e. The fourth-order valence-corrected chi connectivity index (χ4v) is 7.67. The zero-order valence-electron chi connectivity index (χ0n) is 30.0. The Bertz CT molecular complexity index is 2040. The summed E-state index contributed by atoms with van der Waals surface area (Å²) in [5, 5.41) is 10.3. The van der Waals surface area contributed by atoms with Crippen LogP contribution in [-0.2, 0) is 16.6 Å². The molecule has 17 heteroatoms. The molecule has 54 heavy (non-hydrogen) atoms. The molecule has 3 N–H and O–H groups in total. The predicted molar refractivity (Wildman–Crippen MR) is 196 cm³/mol. The van der Waals surface area contributed by atoms with Gasteiger partial charge in [0, 0.05) is 24.3 Å². The van der Waals surface area contributed by atoms with E-state index in [4.69, 9.17) is 21.1 Å². The molecule has 1 atom stereocenters. The van der Waals surface area contributed by atoms with Gasteiger partial charge in [0.1, 0.15) is 11.8 Å². The molecule has 0 spiro atoms. The number of hydrogen-bond donors (Lipinski definition) is 3. The number of nitrogens with zero attached hydrogens (tertiary/aromatic N) is 4. The van der Waals surface area contributed by atoms with Crippen LogP contribution in [0.1, 0.15) is 74.7 Å². The van der Waals surface area contributed by atoms with Gasteiger partial charge in [0.05, 0.1) is 17.6 Å². The van der Waals surface area contributed by atoms with Gasteiger partial charge in [-0.2, -0.15) is 21.6 Å². The Morgan fingerprint density at radius 2 is 1.81 bits per heavy atom. The monoisotopic (exact) mass is 789 g/mol. The zero-order valence-corrected chi connectivity index (χ0v) is 31.5. The highest BCUT2D eigenvalue weighted by molar-refractivity contribution is 7.90. The first-order valence-corrected chi connectivity index (χ1v) is 19.7. The number of ether oxygens (including phenoxy) is 2. The molecule has 12 nitrogen and oxygen atoms in total. The quantitative estimate of drug-likeness (QED) is 0.0748. The van der Waals surface area contributed by atoms with E-state index < -0.39 is 32.5 Å². The normalized spacial score (nSPS) is 17.6. The summed E-state index contributed by atoms with van der Waals surface area (Å²) in [6, 6.07) is 16.5. The maximum Gasteiger partial charge on any atom is 0.394 e. The van der Waals surface area contributed by atoms with Crippen LogP contribution in [0.2, 0.25) is 5.15 Å². The van der Waals surface area contributed by atoms with Crippen molar-refractivity contribution in [3.63, 3.8) is 0 Å². The molecular formula is C37H43ClF3N7O5S. The van der Waals surface area contributed by atoms with Crippen LogP contribution in [0.15, 0.2) is 71.9 Å². The van der Waals surface area contributed by atoms with Crippen LogP contribution in [0.4, 0.5) is 19.0 Å². The Labute approximate surface area is 317 Å². The molecule has 0 radical (unpaired) electrons. The zero-order chi connectivity index (χ0) is 38.6. The van der Waals surface area contributed by atoms with Crippen LogP contribution >= 0.6 is 11.6 Å². The van der Waals surface area contributed by atoms with Gasteiger partial charge in [-0.15, -0.1) is 5.10 Å². The summed E-state index contributed by atoms with van der Waals surface area (Å²) in [4.78, 5) is 21.7. The van der Waals surface area contributed by atoms with Crippen molar-refractivity contribution < 1.29 is 35.9 Å². The first-order chi connectivity index (χ1) is 25.6. The van der Waals surface area contributed by atoms with Crippen molar-refractivity contribution in [1.82, 2.24) is 29.8 Å². The largest absolute Gasteiger partial charge is 0.485 e. The maximum absolute atomic E-state index is 13.4. The fraction of sp³-hybridized carbons (Fsp3) is 0.459. The smallest absolute Gasteiger partial charge is 0.394 e. The van der Waals surface area contributed by atoms with Crippen LogP contribution in [0.25, 0.3) is 5.82 Å². The second kappa shape index (κ2) is 16.1. The standard InChI is InChI=1S/C37H43ClF3N7O5S/c1-35(2)22-26(23-43-35)10-6-19-42-33-28(53-24-25-8-4-3-5-9-25)12-14-31(45-33)54(50,51)47-34(49)27-11-13-29(44-32(27)38)48-20-15-30(46-48)52-21-7-16-36(17-18-36)37(39,40)41/h3-5,8-9,11-15,20,26,43H,6-7,10,16-19,21-24H2,1-2H3,(H,42,45)(H,47,49)/t26-/m0/s1. The second-order valence-corrected chi connectivity index (χ2v) is 16.4. The lowest BCUT2D eigenvalue weighted by atomic mass is 9.94. The molecule has 1 saturated heterocycles. The van der Waals surface area contributed by atoms with Gasteiger partial charge in [0.15, 0.2) is 22.4 Å². The molecular weight excluding hydrogens is 747 g/mol. The Morgan fingerprint density at radius 1 is 1.04 bits per heavy atom. The van der Waals surface area contributed by atoms with Crippen LogP contribution < -0.4 is 24.8 Å². The van der Waals surface area contributed by atoms with E-state index >= 15 is 0 Å². The molecule has 2 aliphatic rings. The van der Waals surface area contributed by atoms with Crippen molar-refractivity contribution in [2.45, 2.75) is 82.1 Å². The second-order valence-electron chi connectivity index (χ2n) is 14.4. The van der Waals surface area contributed by atoms with E-state index in [1.165, 1.54) is 41.2 Å². The van der Waals surface area contributed by atoms with Gasteiger partial charge >= 0.3 is 6.18 Å². The van der Waals surface area contributed by atoms with E-state index in [9.17, 15) is 26.4 Å². The van der Waals surface area contributed by atoms with Crippen LogP contribution in [0.5, 0.6) is 11.6 Å². The number of alkyl halides is 3. The number of pyridine rings is 2. The lowest BCUT2D eigenvalue weighted by Gasteiger charge is -2.18. The molecule has 4 aromatic rings. The van der Waals surface area contributed by atoms with Gasteiger partial charge in [-0.1, -0.05) is 41.9 Å². The number of benzene rings is 1. The van der Waals surface area contributed by atoms with Crippen molar-refractivity contribution in [1.29, 1.82) is 0 Å². The number of sulfonamides is 1. The SMILES string of the molecule is CC1(C)C[C@H](CCCNc2nc(S(=O)(=O)NC(=O)c3ccc(-n4ccc(OCCCC5(C(F)(F)F)CC5)n4)nc3Cl)ccc2OCc2ccccc2)CN1. The summed E-state index contributed by atoms with van der Waals surface area (Å²) in [6.45, 7) is 6.15. The van der Waals surface area contributed by atoms with E-state index in [-0.39, 0.29) is 72.7 Å². The number of nitrogens with one attached hydrogen (secondary N) is 3. The van der Waals surface area contributed by atoms with Gasteiger partial charge in [-0.05, 0) is 101 Å². The third kappa shape index (κ3) is 9.82. The number of amides is 1. The lowest BCUT2D eigenvalue weighted by Crippen LogP contribution is -2.31. The van der Waals surface area contributed by atoms with E-state index in [2.05, 4.69) is 39.5 Å². The highest BCUT2D eigenvalue weighted by Gasteiger charge is 2.62. The van der Waals surface area contributed by atoms with Crippen LogP contribution in [0, 0.1) is 11.3 Å². The molecule has 1 aromatic carbocycles. The summed E-state index contributed by atoms with van der Waals surface area (Å²) in [5.74, 6) is 0.468. The summed E-state index contributed by atoms with van der Waals surface area (Å²) < 4.78 is 81.2. The number of carbonyl (C=O) groups excluding carboxylic acids is 1. The lowest BCUT2D eigenvalue weighted by molar-refractivity contribution is -0.189. The van der Waals surface area contributed by atoms with Gasteiger partial charge in [-0.3, -0.25) is 4.79 Å².